The van der Waals surface area contributed by atoms with Gasteiger partial charge in [0, 0.05) is 0 Å². The van der Waals surface area contributed by atoms with Crippen molar-refractivity contribution in [1.29, 1.82) is 0 Å². The highest BCUT2D eigenvalue weighted by atomic mass is 127. The fraction of sp³-hybridized carbons (Fsp3) is 0.0968. The number of halogens is 1. The van der Waals surface area contributed by atoms with Gasteiger partial charge in [0.15, 0.2) is 7.26 Å². The molecule has 8 heteroatoms. The lowest BCUT2D eigenvalue weighted by molar-refractivity contribution is -0.135. The molecule has 1 amide bonds. The minimum atomic E-state index is -2.83. The lowest BCUT2D eigenvalue weighted by atomic mass is 10.2. The third-order valence-corrected chi connectivity index (χ3v) is 11.2. The Kier molecular flexibility index (Phi) is 11.6. The van der Waals surface area contributed by atoms with Gasteiger partial charge in [0.25, 0.3) is 0 Å². The molecule has 200 valence electrons. The van der Waals surface area contributed by atoms with Crippen LogP contribution in [0.2, 0.25) is 0 Å². The molecule has 0 spiro atoms. The van der Waals surface area contributed by atoms with Gasteiger partial charge in [-0.25, -0.2) is 9.59 Å². The van der Waals surface area contributed by atoms with Crippen molar-refractivity contribution in [3.05, 3.63) is 137 Å². The van der Waals surface area contributed by atoms with E-state index in [1.807, 2.05) is 128 Å². The van der Waals surface area contributed by atoms with E-state index >= 15 is 0 Å². The van der Waals surface area contributed by atoms with Gasteiger partial charge in [-0.3, -0.25) is 5.32 Å². The van der Waals surface area contributed by atoms with Crippen molar-refractivity contribution in [1.82, 2.24) is 5.32 Å². The molecule has 0 aliphatic carbocycles. The molecule has 0 heterocycles. The number of carbonyl (C=O) groups excluding carboxylic acids is 2. The number of benzene rings is 4. The van der Waals surface area contributed by atoms with Crippen molar-refractivity contribution < 1.29 is 19.1 Å². The fourth-order valence-electron chi connectivity index (χ4n) is 4.33. The first-order chi connectivity index (χ1) is 18.6. The number of esters is 1. The molecular formula is C31H30INO4PS+. The fourth-order valence-corrected chi connectivity index (χ4v) is 9.73. The van der Waals surface area contributed by atoms with Crippen LogP contribution in [-0.4, -0.2) is 25.4 Å². The van der Waals surface area contributed by atoms with E-state index in [1.165, 1.54) is 18.9 Å². The number of amides is 1. The molecule has 4 rings (SSSR count). The largest absolute Gasteiger partial charge is 0.463 e. The zero-order valence-electron chi connectivity index (χ0n) is 21.7. The number of rotatable bonds is 9. The summed E-state index contributed by atoms with van der Waals surface area (Å²) in [5.74, 6) is -0.511. The molecule has 39 heavy (non-hydrogen) atoms. The highest BCUT2D eigenvalue weighted by Gasteiger charge is 2.55. The summed E-state index contributed by atoms with van der Waals surface area (Å²) in [6, 6.07) is 39.3. The lowest BCUT2D eigenvalue weighted by Crippen LogP contribution is -2.37. The number of alkyl carbamates (subject to hydrolysis) is 1. The van der Waals surface area contributed by atoms with Crippen molar-refractivity contribution in [2.24, 2.45) is 0 Å². The Bertz CT molecular complexity index is 1290. The van der Waals surface area contributed by atoms with E-state index in [-0.39, 0.29) is 30.6 Å². The van der Waals surface area contributed by atoms with Gasteiger partial charge in [-0.1, -0.05) is 84.9 Å². The lowest BCUT2D eigenvalue weighted by Gasteiger charge is -2.29. The van der Waals surface area contributed by atoms with Gasteiger partial charge in [0.1, 0.15) is 27.5 Å². The minimum Gasteiger partial charge on any atom is -0.463 e. The van der Waals surface area contributed by atoms with Crippen molar-refractivity contribution in [2.75, 3.05) is 13.4 Å². The van der Waals surface area contributed by atoms with Crippen molar-refractivity contribution in [2.45, 2.75) is 6.61 Å². The molecule has 0 bridgehead atoms. The number of carbonyl (C=O) groups is 2. The number of methoxy groups -OCH3 is 1. The molecule has 5 nitrogen and oxygen atoms in total. The predicted octanol–water partition coefficient (Wildman–Crippen LogP) is 6.23. The van der Waals surface area contributed by atoms with E-state index < -0.39 is 19.3 Å². The normalized spacial score (nSPS) is 11.4. The van der Waals surface area contributed by atoms with Crippen molar-refractivity contribution in [3.63, 3.8) is 0 Å². The molecule has 1 N–H and O–H groups in total. The van der Waals surface area contributed by atoms with Gasteiger partial charge >= 0.3 is 12.1 Å². The SMILES string of the molecule is COC(=O)/C(=C(\NC(=O)OCc1ccccc1)SC)[P+](c1ccccc1)(c1ccccc1)c1ccccc1.I. The monoisotopic (exact) mass is 670 g/mol. The number of hydrogen-bond donors (Lipinski definition) is 1. The second-order valence-corrected chi connectivity index (χ2v) is 12.4. The van der Waals surface area contributed by atoms with Crippen LogP contribution in [0.1, 0.15) is 5.56 Å². The molecule has 0 aliphatic rings. The number of thioether (sulfide) groups is 1. The van der Waals surface area contributed by atoms with Crippen LogP contribution in [0, 0.1) is 0 Å². The first-order valence-corrected chi connectivity index (χ1v) is 15.0. The van der Waals surface area contributed by atoms with Crippen LogP contribution in [0.25, 0.3) is 0 Å². The summed E-state index contributed by atoms with van der Waals surface area (Å²) in [6.45, 7) is 0.109. The van der Waals surface area contributed by atoms with E-state index in [1.54, 1.807) is 0 Å². The van der Waals surface area contributed by atoms with Gasteiger partial charge in [-0.15, -0.1) is 35.7 Å². The van der Waals surface area contributed by atoms with Crippen LogP contribution in [0.15, 0.2) is 132 Å². The molecule has 0 saturated heterocycles. The van der Waals surface area contributed by atoms with E-state index in [0.717, 1.165) is 21.5 Å². The molecule has 4 aromatic carbocycles. The molecular weight excluding hydrogens is 640 g/mol. The van der Waals surface area contributed by atoms with E-state index in [2.05, 4.69) is 5.32 Å². The van der Waals surface area contributed by atoms with Crippen LogP contribution in [0.4, 0.5) is 4.79 Å². The molecule has 0 fully saturated rings. The average Bonchev–Trinajstić information content (AvgIpc) is 2.99. The predicted molar refractivity (Wildman–Crippen MR) is 173 cm³/mol. The second-order valence-electron chi connectivity index (χ2n) is 8.24. The van der Waals surface area contributed by atoms with Crippen LogP contribution >= 0.6 is 43.0 Å². The Balaban J connectivity index is 0.00000420. The van der Waals surface area contributed by atoms with Crippen LogP contribution in [0.3, 0.4) is 0 Å². The topological polar surface area (TPSA) is 64.6 Å². The summed E-state index contributed by atoms with van der Waals surface area (Å²) in [7, 11) is -1.46. The van der Waals surface area contributed by atoms with Gasteiger partial charge in [0.2, 0.25) is 5.31 Å². The van der Waals surface area contributed by atoms with Crippen LogP contribution < -0.4 is 21.2 Å². The first kappa shape index (κ1) is 30.4. The minimum absolute atomic E-state index is 0. The molecule has 0 aromatic heterocycles. The van der Waals surface area contributed by atoms with E-state index in [4.69, 9.17) is 9.47 Å². The summed E-state index contributed by atoms with van der Waals surface area (Å²) < 4.78 is 10.9. The number of hydrogen-bond acceptors (Lipinski definition) is 5. The summed E-state index contributed by atoms with van der Waals surface area (Å²) in [5, 5.41) is 6.55. The first-order valence-electron chi connectivity index (χ1n) is 12.0. The smallest absolute Gasteiger partial charge is 0.412 e. The average molecular weight is 671 g/mol. The van der Waals surface area contributed by atoms with Gasteiger partial charge in [0.05, 0.1) is 7.11 Å². The zero-order valence-corrected chi connectivity index (χ0v) is 25.7. The van der Waals surface area contributed by atoms with Crippen LogP contribution in [-0.2, 0) is 20.9 Å². The molecule has 0 aliphatic heterocycles. The van der Waals surface area contributed by atoms with Gasteiger partial charge in [-0.2, -0.15) is 0 Å². The van der Waals surface area contributed by atoms with E-state index in [9.17, 15) is 9.59 Å². The maximum Gasteiger partial charge on any atom is 0.412 e. The Morgan fingerprint density at radius 2 is 1.13 bits per heavy atom. The summed E-state index contributed by atoms with van der Waals surface area (Å²) in [5.41, 5.74) is 0.866. The standard InChI is InChI=1S/C31H28NO4PS.HI/c1-35-30(33)28(29(38-2)32-31(34)36-23-24-15-7-3-8-16-24)37(25-17-9-4-10-18-25,26-19-11-5-12-20-26)27-21-13-6-14-22-27;/h3-22H,23H2,1-2H3;1H/p+1. The van der Waals surface area contributed by atoms with Crippen molar-refractivity contribution in [3.8, 4) is 0 Å². The number of ether oxygens (including phenoxy) is 2. The number of nitrogens with one attached hydrogen (secondary N) is 1. The Hall–Kier alpha value is -3.13. The molecule has 4 aromatic rings. The maximum atomic E-state index is 13.8. The highest BCUT2D eigenvalue weighted by molar-refractivity contribution is 14.0. The molecule has 0 unspecified atom stereocenters. The molecule has 0 atom stereocenters. The van der Waals surface area contributed by atoms with E-state index in [0.29, 0.717) is 10.3 Å². The second kappa shape index (κ2) is 14.9. The summed E-state index contributed by atoms with van der Waals surface area (Å²) >= 11 is 1.28. The quantitative estimate of drug-likeness (QED) is 0.0991. The van der Waals surface area contributed by atoms with Gasteiger partial charge < -0.3 is 9.47 Å². The molecule has 0 radical (unpaired) electrons. The Morgan fingerprint density at radius 1 is 0.718 bits per heavy atom. The zero-order chi connectivity index (χ0) is 26.8. The summed E-state index contributed by atoms with van der Waals surface area (Å²) in [4.78, 5) is 26.8. The maximum absolute atomic E-state index is 13.8. The summed E-state index contributed by atoms with van der Waals surface area (Å²) in [6.07, 6.45) is 1.18. The third kappa shape index (κ3) is 6.90. The van der Waals surface area contributed by atoms with Crippen LogP contribution in [0.5, 0.6) is 0 Å². The van der Waals surface area contributed by atoms with Crippen molar-refractivity contribution >= 4 is 71.0 Å². The molecule has 0 saturated carbocycles. The highest BCUT2D eigenvalue weighted by Crippen LogP contribution is 2.64. The Morgan fingerprint density at radius 3 is 1.51 bits per heavy atom. The van der Waals surface area contributed by atoms with Gasteiger partial charge in [-0.05, 0) is 48.2 Å². The third-order valence-electron chi connectivity index (χ3n) is 5.99. The Labute approximate surface area is 251 Å².